The number of rotatable bonds is 8. The molecule has 0 aliphatic carbocycles. The molecule has 2 aromatic rings. The Morgan fingerprint density at radius 1 is 1.14 bits per heavy atom. The summed E-state index contributed by atoms with van der Waals surface area (Å²) in [5.41, 5.74) is -0.0235. The summed E-state index contributed by atoms with van der Waals surface area (Å²) in [5.74, 6) is -1.84. The van der Waals surface area contributed by atoms with Gasteiger partial charge >= 0.3 is 6.09 Å². The molecule has 0 spiro atoms. The minimum Gasteiger partial charge on any atom is -0.449 e. The van der Waals surface area contributed by atoms with Crippen LogP contribution in [-0.2, 0) is 15.5 Å². The van der Waals surface area contributed by atoms with Crippen LogP contribution in [0.15, 0.2) is 47.4 Å². The maximum absolute atomic E-state index is 14.5. The van der Waals surface area contributed by atoms with Gasteiger partial charge in [-0.3, -0.25) is 4.21 Å². The summed E-state index contributed by atoms with van der Waals surface area (Å²) in [7, 11) is -1.73. The highest BCUT2D eigenvalue weighted by Crippen LogP contribution is 2.35. The average molecular weight is 444 g/mol. The first-order valence-electron chi connectivity index (χ1n) is 9.31. The molecule has 29 heavy (non-hydrogen) atoms. The smallest absolute Gasteiger partial charge is 0.409 e. The molecule has 0 aliphatic heterocycles. The van der Waals surface area contributed by atoms with Crippen LogP contribution in [0.1, 0.15) is 31.6 Å². The summed E-state index contributed by atoms with van der Waals surface area (Å²) in [4.78, 5) is 14.1. The van der Waals surface area contributed by atoms with E-state index in [-0.39, 0.29) is 12.2 Å². The van der Waals surface area contributed by atoms with Crippen LogP contribution in [-0.4, -0.2) is 34.9 Å². The van der Waals surface area contributed by atoms with E-state index in [1.54, 1.807) is 31.2 Å². The van der Waals surface area contributed by atoms with Crippen molar-refractivity contribution >= 4 is 28.5 Å². The van der Waals surface area contributed by atoms with E-state index in [1.807, 2.05) is 13.8 Å². The van der Waals surface area contributed by atoms with E-state index in [2.05, 4.69) is 0 Å². The number of nitrogens with zero attached hydrogens (tertiary/aromatic N) is 1. The molecular formula is C21H24ClF2NO3S. The first-order valence-corrected chi connectivity index (χ1v) is 10.9. The Labute approximate surface area is 177 Å². The second-order valence-corrected chi connectivity index (χ2v) is 8.57. The summed E-state index contributed by atoms with van der Waals surface area (Å²) >= 11 is 5.89. The van der Waals surface area contributed by atoms with Crippen LogP contribution in [0.25, 0.3) is 0 Å². The summed E-state index contributed by atoms with van der Waals surface area (Å²) in [6.45, 7) is 6.24. The Balaban J connectivity index is 2.33. The van der Waals surface area contributed by atoms with Gasteiger partial charge in [0.05, 0.1) is 22.7 Å². The predicted octanol–water partition coefficient (Wildman–Crippen LogP) is 5.58. The van der Waals surface area contributed by atoms with Crippen molar-refractivity contribution in [3.63, 3.8) is 0 Å². The monoisotopic (exact) mass is 443 g/mol. The third kappa shape index (κ3) is 6.00. The normalized spacial score (nSPS) is 14.1. The average Bonchev–Trinajstić information content (AvgIpc) is 2.70. The van der Waals surface area contributed by atoms with Gasteiger partial charge in [0, 0.05) is 34.5 Å². The molecule has 0 radical (unpaired) electrons. The van der Waals surface area contributed by atoms with Crippen LogP contribution >= 0.6 is 11.6 Å². The van der Waals surface area contributed by atoms with Gasteiger partial charge in [-0.15, -0.1) is 0 Å². The molecule has 4 nitrogen and oxygen atoms in total. The summed E-state index contributed by atoms with van der Waals surface area (Å²) in [6, 6.07) is 9.38. The molecule has 0 fully saturated rings. The lowest BCUT2D eigenvalue weighted by Gasteiger charge is -2.26. The standard InChI is InChI=1S/C21H24ClF2NO3S/c1-4-25(5-2)21(26)28-13-14(3)20(18-12-16(23)8-11-19(18)24)29(27)17-9-6-15(22)7-10-17/h6-12,14,20H,4-5,13H2,1-3H3. The molecule has 8 heteroatoms. The van der Waals surface area contributed by atoms with Crippen LogP contribution in [0.3, 0.4) is 0 Å². The minimum atomic E-state index is -1.73. The van der Waals surface area contributed by atoms with Crippen LogP contribution in [0.2, 0.25) is 5.02 Å². The zero-order valence-corrected chi connectivity index (χ0v) is 18.1. The molecule has 2 aromatic carbocycles. The second-order valence-electron chi connectivity index (χ2n) is 6.56. The lowest BCUT2D eigenvalue weighted by atomic mass is 10.0. The van der Waals surface area contributed by atoms with Crippen molar-refractivity contribution in [2.24, 2.45) is 5.92 Å². The second kappa shape index (κ2) is 10.7. The zero-order chi connectivity index (χ0) is 21.6. The van der Waals surface area contributed by atoms with Gasteiger partial charge in [-0.1, -0.05) is 18.5 Å². The van der Waals surface area contributed by atoms with E-state index < -0.39 is 39.7 Å². The lowest BCUT2D eigenvalue weighted by molar-refractivity contribution is 0.0923. The third-order valence-corrected chi connectivity index (χ3v) is 6.72. The minimum absolute atomic E-state index is 0.0235. The van der Waals surface area contributed by atoms with Gasteiger partial charge in [0.2, 0.25) is 0 Å². The summed E-state index contributed by atoms with van der Waals surface area (Å²) in [6.07, 6.45) is -0.502. The number of carbonyl (C=O) groups is 1. The molecule has 0 aliphatic rings. The highest BCUT2D eigenvalue weighted by molar-refractivity contribution is 7.85. The summed E-state index contributed by atoms with van der Waals surface area (Å²) < 4.78 is 47.0. The quantitative estimate of drug-likeness (QED) is 0.535. The fourth-order valence-corrected chi connectivity index (χ4v) is 4.68. The maximum Gasteiger partial charge on any atom is 0.409 e. The Hall–Kier alpha value is -1.99. The van der Waals surface area contributed by atoms with Crippen LogP contribution in [0.4, 0.5) is 13.6 Å². The maximum atomic E-state index is 14.5. The number of amides is 1. The van der Waals surface area contributed by atoms with E-state index in [9.17, 15) is 17.8 Å². The highest BCUT2D eigenvalue weighted by Gasteiger charge is 2.31. The molecule has 0 saturated carbocycles. The van der Waals surface area contributed by atoms with E-state index in [0.717, 1.165) is 18.2 Å². The first-order chi connectivity index (χ1) is 13.8. The topological polar surface area (TPSA) is 46.6 Å². The number of ether oxygens (including phenoxy) is 1. The molecule has 0 N–H and O–H groups in total. The predicted molar refractivity (Wildman–Crippen MR) is 110 cm³/mol. The van der Waals surface area contributed by atoms with Gasteiger partial charge in [0.25, 0.3) is 0 Å². The van der Waals surface area contributed by atoms with Crippen molar-refractivity contribution in [1.29, 1.82) is 0 Å². The molecule has 2 rings (SSSR count). The van der Waals surface area contributed by atoms with Gasteiger partial charge in [-0.25, -0.2) is 13.6 Å². The number of benzene rings is 2. The van der Waals surface area contributed by atoms with Gasteiger partial charge in [0.15, 0.2) is 0 Å². The SMILES string of the molecule is CCN(CC)C(=O)OCC(C)C(c1cc(F)ccc1F)S(=O)c1ccc(Cl)cc1. The fourth-order valence-electron chi connectivity index (χ4n) is 2.94. The van der Waals surface area contributed by atoms with Gasteiger partial charge in [0.1, 0.15) is 11.6 Å². The number of hydrogen-bond acceptors (Lipinski definition) is 3. The van der Waals surface area contributed by atoms with Gasteiger partial charge in [-0.05, 0) is 56.3 Å². The van der Waals surface area contributed by atoms with Gasteiger partial charge in [-0.2, -0.15) is 0 Å². The highest BCUT2D eigenvalue weighted by atomic mass is 35.5. The molecule has 0 aromatic heterocycles. The Bertz CT molecular complexity index is 860. The molecule has 3 atom stereocenters. The van der Waals surface area contributed by atoms with Crippen molar-refractivity contribution in [3.8, 4) is 0 Å². The Morgan fingerprint density at radius 3 is 2.34 bits per heavy atom. The summed E-state index contributed by atoms with van der Waals surface area (Å²) in [5, 5.41) is -0.447. The molecule has 3 unspecified atom stereocenters. The van der Waals surface area contributed by atoms with Crippen LogP contribution < -0.4 is 0 Å². The van der Waals surface area contributed by atoms with Crippen molar-refractivity contribution in [3.05, 3.63) is 64.7 Å². The van der Waals surface area contributed by atoms with Gasteiger partial charge < -0.3 is 9.64 Å². The molecular weight excluding hydrogens is 420 g/mol. The fraction of sp³-hybridized carbons (Fsp3) is 0.381. The lowest BCUT2D eigenvalue weighted by Crippen LogP contribution is -2.33. The van der Waals surface area contributed by atoms with Crippen molar-refractivity contribution in [1.82, 2.24) is 4.90 Å². The zero-order valence-electron chi connectivity index (χ0n) is 16.5. The van der Waals surface area contributed by atoms with Crippen molar-refractivity contribution in [2.75, 3.05) is 19.7 Å². The number of carbonyl (C=O) groups excluding carboxylic acids is 1. The molecule has 158 valence electrons. The van der Waals surface area contributed by atoms with Crippen LogP contribution in [0, 0.1) is 17.6 Å². The van der Waals surface area contributed by atoms with Crippen LogP contribution in [0.5, 0.6) is 0 Å². The van der Waals surface area contributed by atoms with Crippen molar-refractivity contribution < 1.29 is 22.5 Å². The number of hydrogen-bond donors (Lipinski definition) is 0. The van der Waals surface area contributed by atoms with E-state index >= 15 is 0 Å². The molecule has 0 saturated heterocycles. The Morgan fingerprint density at radius 2 is 1.76 bits per heavy atom. The first kappa shape index (κ1) is 23.3. The van der Waals surface area contributed by atoms with E-state index in [4.69, 9.17) is 16.3 Å². The molecule has 1 amide bonds. The van der Waals surface area contributed by atoms with Crippen molar-refractivity contribution in [2.45, 2.75) is 30.9 Å². The van der Waals surface area contributed by atoms with E-state index in [0.29, 0.717) is 23.0 Å². The largest absolute Gasteiger partial charge is 0.449 e. The van der Waals surface area contributed by atoms with E-state index in [1.165, 1.54) is 4.90 Å². The third-order valence-electron chi connectivity index (χ3n) is 4.55. The molecule has 0 heterocycles. The Kier molecular flexibility index (Phi) is 8.59. The molecule has 0 bridgehead atoms. The number of halogens is 3.